The summed E-state index contributed by atoms with van der Waals surface area (Å²) < 4.78 is 5.52. The molecule has 1 atom stereocenters. The third kappa shape index (κ3) is 2.76. The van der Waals surface area contributed by atoms with Crippen LogP contribution in [0.3, 0.4) is 0 Å². The van der Waals surface area contributed by atoms with E-state index in [1.807, 2.05) is 0 Å². The lowest BCUT2D eigenvalue weighted by Crippen LogP contribution is -2.38. The highest BCUT2D eigenvalue weighted by Crippen LogP contribution is 2.29. The van der Waals surface area contributed by atoms with Crippen LogP contribution in [0, 0.1) is 5.92 Å². The first-order chi connectivity index (χ1) is 5.63. The normalized spacial score (nSPS) is 16.5. The van der Waals surface area contributed by atoms with Gasteiger partial charge in [0.25, 0.3) is 0 Å². The lowest BCUT2D eigenvalue weighted by molar-refractivity contribution is -0.0697. The maximum absolute atomic E-state index is 8.93. The molecule has 0 heterocycles. The van der Waals surface area contributed by atoms with Gasteiger partial charge in [-0.25, -0.2) is 0 Å². The summed E-state index contributed by atoms with van der Waals surface area (Å²) in [6.07, 6.45) is 2.88. The Morgan fingerprint density at radius 2 is 1.92 bits per heavy atom. The van der Waals surface area contributed by atoms with Gasteiger partial charge in [-0.1, -0.05) is 27.2 Å². The molecule has 0 amide bonds. The van der Waals surface area contributed by atoms with Crippen molar-refractivity contribution in [1.82, 2.24) is 0 Å². The summed E-state index contributed by atoms with van der Waals surface area (Å²) in [4.78, 5) is 0. The van der Waals surface area contributed by atoms with E-state index >= 15 is 0 Å². The van der Waals surface area contributed by atoms with E-state index < -0.39 is 0 Å². The van der Waals surface area contributed by atoms with Gasteiger partial charge in [-0.2, -0.15) is 0 Å². The van der Waals surface area contributed by atoms with Crippen LogP contribution in [-0.2, 0) is 4.74 Å². The van der Waals surface area contributed by atoms with E-state index in [0.717, 1.165) is 19.3 Å². The molecule has 0 radical (unpaired) electrons. The van der Waals surface area contributed by atoms with Crippen LogP contribution in [0.1, 0.15) is 40.0 Å². The molecule has 0 fully saturated rings. The van der Waals surface area contributed by atoms with Crippen molar-refractivity contribution in [1.29, 1.82) is 0 Å². The maximum atomic E-state index is 8.93. The molecule has 0 rings (SSSR count). The van der Waals surface area contributed by atoms with Gasteiger partial charge in [-0.15, -0.1) is 0 Å². The van der Waals surface area contributed by atoms with Gasteiger partial charge in [-0.05, 0) is 18.8 Å². The minimum atomic E-state index is -0.108. The second kappa shape index (κ2) is 5.55. The van der Waals surface area contributed by atoms with Gasteiger partial charge in [0, 0.05) is 13.7 Å². The predicted molar refractivity (Wildman–Crippen MR) is 51.2 cm³/mol. The highest BCUT2D eigenvalue weighted by molar-refractivity contribution is 4.83. The van der Waals surface area contributed by atoms with Crippen LogP contribution in [0.25, 0.3) is 0 Å². The van der Waals surface area contributed by atoms with Crippen molar-refractivity contribution in [2.45, 2.75) is 45.6 Å². The Bertz CT molecular complexity index is 104. The van der Waals surface area contributed by atoms with Crippen molar-refractivity contribution < 1.29 is 9.84 Å². The van der Waals surface area contributed by atoms with E-state index in [9.17, 15) is 0 Å². The van der Waals surface area contributed by atoms with E-state index in [1.54, 1.807) is 7.11 Å². The highest BCUT2D eigenvalue weighted by atomic mass is 16.5. The first-order valence-corrected chi connectivity index (χ1v) is 4.79. The van der Waals surface area contributed by atoms with E-state index in [1.165, 1.54) is 0 Å². The second-order valence-electron chi connectivity index (χ2n) is 3.65. The number of rotatable bonds is 6. The van der Waals surface area contributed by atoms with Crippen LogP contribution in [0.2, 0.25) is 0 Å². The SMILES string of the molecule is CCCC(CCO)(OC)C(C)C. The van der Waals surface area contributed by atoms with Gasteiger partial charge in [0.1, 0.15) is 0 Å². The van der Waals surface area contributed by atoms with Crippen LogP contribution in [0.4, 0.5) is 0 Å². The topological polar surface area (TPSA) is 29.5 Å². The van der Waals surface area contributed by atoms with E-state index in [4.69, 9.17) is 9.84 Å². The van der Waals surface area contributed by atoms with Crippen LogP contribution >= 0.6 is 0 Å². The molecular weight excluding hydrogens is 152 g/mol. The van der Waals surface area contributed by atoms with E-state index in [-0.39, 0.29) is 12.2 Å². The molecule has 0 saturated heterocycles. The molecule has 0 saturated carbocycles. The Kier molecular flexibility index (Phi) is 5.51. The number of aliphatic hydroxyl groups excluding tert-OH is 1. The highest BCUT2D eigenvalue weighted by Gasteiger charge is 2.31. The molecule has 1 N–H and O–H groups in total. The Balaban J connectivity index is 4.28. The van der Waals surface area contributed by atoms with Gasteiger partial charge < -0.3 is 9.84 Å². The van der Waals surface area contributed by atoms with Crippen LogP contribution in [0.5, 0.6) is 0 Å². The molecule has 0 aromatic rings. The van der Waals surface area contributed by atoms with Crippen LogP contribution in [-0.4, -0.2) is 24.4 Å². The number of hydrogen-bond acceptors (Lipinski definition) is 2. The van der Waals surface area contributed by atoms with Crippen LogP contribution in [0.15, 0.2) is 0 Å². The summed E-state index contributed by atoms with van der Waals surface area (Å²) in [5, 5.41) is 8.93. The number of aliphatic hydroxyl groups is 1. The maximum Gasteiger partial charge on any atom is 0.0723 e. The molecule has 0 aliphatic rings. The minimum Gasteiger partial charge on any atom is -0.396 e. The summed E-state index contributed by atoms with van der Waals surface area (Å²) in [5.41, 5.74) is -0.108. The molecule has 0 aliphatic carbocycles. The van der Waals surface area contributed by atoms with E-state index in [2.05, 4.69) is 20.8 Å². The molecule has 74 valence electrons. The number of methoxy groups -OCH3 is 1. The standard InChI is InChI=1S/C10H22O2/c1-5-6-10(12-4,7-8-11)9(2)3/h9,11H,5-8H2,1-4H3. The Morgan fingerprint density at radius 3 is 2.17 bits per heavy atom. The fourth-order valence-corrected chi connectivity index (χ4v) is 1.75. The van der Waals surface area contributed by atoms with Crippen molar-refractivity contribution in [3.8, 4) is 0 Å². The third-order valence-electron chi connectivity index (χ3n) is 2.67. The van der Waals surface area contributed by atoms with Gasteiger partial charge in [-0.3, -0.25) is 0 Å². The molecule has 12 heavy (non-hydrogen) atoms. The lowest BCUT2D eigenvalue weighted by Gasteiger charge is -2.35. The third-order valence-corrected chi connectivity index (χ3v) is 2.67. The summed E-state index contributed by atoms with van der Waals surface area (Å²) in [6.45, 7) is 6.66. The Labute approximate surface area is 75.9 Å². The molecule has 2 nitrogen and oxygen atoms in total. The van der Waals surface area contributed by atoms with Crippen molar-refractivity contribution in [3.05, 3.63) is 0 Å². The monoisotopic (exact) mass is 174 g/mol. The fourth-order valence-electron chi connectivity index (χ4n) is 1.75. The lowest BCUT2D eigenvalue weighted by atomic mass is 9.83. The van der Waals surface area contributed by atoms with Crippen molar-refractivity contribution >= 4 is 0 Å². The average molecular weight is 174 g/mol. The van der Waals surface area contributed by atoms with Crippen molar-refractivity contribution in [2.24, 2.45) is 5.92 Å². The molecular formula is C10H22O2. The first kappa shape index (κ1) is 11.9. The fraction of sp³-hybridized carbons (Fsp3) is 1.00. The Hall–Kier alpha value is -0.0800. The second-order valence-corrected chi connectivity index (χ2v) is 3.65. The zero-order valence-electron chi connectivity index (χ0n) is 8.76. The largest absolute Gasteiger partial charge is 0.396 e. The van der Waals surface area contributed by atoms with Gasteiger partial charge >= 0.3 is 0 Å². The summed E-state index contributed by atoms with van der Waals surface area (Å²) in [6, 6.07) is 0. The summed E-state index contributed by atoms with van der Waals surface area (Å²) >= 11 is 0. The Morgan fingerprint density at radius 1 is 1.33 bits per heavy atom. The molecule has 1 unspecified atom stereocenters. The molecule has 0 spiro atoms. The smallest absolute Gasteiger partial charge is 0.0723 e. The zero-order chi connectivity index (χ0) is 9.61. The zero-order valence-corrected chi connectivity index (χ0v) is 8.76. The first-order valence-electron chi connectivity index (χ1n) is 4.79. The van der Waals surface area contributed by atoms with Crippen molar-refractivity contribution in [2.75, 3.05) is 13.7 Å². The predicted octanol–water partition coefficient (Wildman–Crippen LogP) is 2.21. The molecule has 0 aromatic carbocycles. The van der Waals surface area contributed by atoms with Gasteiger partial charge in [0.05, 0.1) is 5.60 Å². The molecule has 2 heteroatoms. The molecule has 0 aliphatic heterocycles. The summed E-state index contributed by atoms with van der Waals surface area (Å²) in [7, 11) is 1.74. The van der Waals surface area contributed by atoms with Crippen molar-refractivity contribution in [3.63, 3.8) is 0 Å². The molecule has 0 bridgehead atoms. The quantitative estimate of drug-likeness (QED) is 0.669. The van der Waals surface area contributed by atoms with E-state index in [0.29, 0.717) is 5.92 Å². The number of ether oxygens (including phenoxy) is 1. The van der Waals surface area contributed by atoms with Crippen LogP contribution < -0.4 is 0 Å². The minimum absolute atomic E-state index is 0.108. The van der Waals surface area contributed by atoms with Gasteiger partial charge in [0.15, 0.2) is 0 Å². The van der Waals surface area contributed by atoms with Gasteiger partial charge in [0.2, 0.25) is 0 Å². The number of hydrogen-bond donors (Lipinski definition) is 1. The summed E-state index contributed by atoms with van der Waals surface area (Å²) in [5.74, 6) is 0.467. The average Bonchev–Trinajstić information content (AvgIpc) is 2.03. The molecule has 0 aromatic heterocycles.